The molecule has 0 aliphatic carbocycles. The quantitative estimate of drug-likeness (QED) is 0.905. The summed E-state index contributed by atoms with van der Waals surface area (Å²) in [6.45, 7) is 5.85. The van der Waals surface area contributed by atoms with Crippen molar-refractivity contribution in [3.8, 4) is 0 Å². The van der Waals surface area contributed by atoms with E-state index in [1.807, 2.05) is 27.0 Å². The fourth-order valence-electron chi connectivity index (χ4n) is 2.57. The van der Waals surface area contributed by atoms with Crippen molar-refractivity contribution in [2.75, 3.05) is 26.7 Å². The van der Waals surface area contributed by atoms with Crippen LogP contribution in [0.3, 0.4) is 0 Å². The summed E-state index contributed by atoms with van der Waals surface area (Å²) in [5.41, 5.74) is 6.68. The molecule has 1 aliphatic rings. The number of hydrogen-bond acceptors (Lipinski definition) is 4. The highest BCUT2D eigenvalue weighted by Gasteiger charge is 2.32. The Balaban J connectivity index is 2.33. The van der Waals surface area contributed by atoms with Gasteiger partial charge < -0.3 is 10.6 Å². The van der Waals surface area contributed by atoms with E-state index in [4.69, 9.17) is 5.73 Å². The Hall–Kier alpha value is -0.950. The number of nitrogens with two attached hydrogens (primary N) is 1. The zero-order chi connectivity index (χ0) is 14.9. The van der Waals surface area contributed by atoms with E-state index < -0.39 is 10.0 Å². The van der Waals surface area contributed by atoms with E-state index >= 15 is 0 Å². The first kappa shape index (κ1) is 15.4. The smallest absolute Gasteiger partial charge is 0.243 e. The van der Waals surface area contributed by atoms with Gasteiger partial charge in [-0.05, 0) is 38.6 Å². The van der Waals surface area contributed by atoms with Crippen molar-refractivity contribution in [1.82, 2.24) is 9.21 Å². The molecule has 1 saturated heterocycles. The third-order valence-electron chi connectivity index (χ3n) is 3.76. The lowest BCUT2D eigenvalue weighted by atomic mass is 10.1. The maximum absolute atomic E-state index is 12.7. The molecule has 2 N–H and O–H groups in total. The zero-order valence-electron chi connectivity index (χ0n) is 12.3. The van der Waals surface area contributed by atoms with E-state index in [-0.39, 0.29) is 12.1 Å². The molecule has 5 nitrogen and oxygen atoms in total. The lowest BCUT2D eigenvalue weighted by Gasteiger charge is -2.37. The van der Waals surface area contributed by atoms with Gasteiger partial charge in [-0.1, -0.05) is 12.1 Å². The zero-order valence-corrected chi connectivity index (χ0v) is 13.1. The summed E-state index contributed by atoms with van der Waals surface area (Å²) in [5, 5.41) is 0. The summed E-state index contributed by atoms with van der Waals surface area (Å²) in [5.74, 6) is 0. The van der Waals surface area contributed by atoms with Crippen molar-refractivity contribution >= 4 is 10.0 Å². The highest BCUT2D eigenvalue weighted by molar-refractivity contribution is 7.89. The first-order valence-electron chi connectivity index (χ1n) is 6.88. The summed E-state index contributed by atoms with van der Waals surface area (Å²) in [4.78, 5) is 2.48. The lowest BCUT2D eigenvalue weighted by molar-refractivity contribution is 0.170. The van der Waals surface area contributed by atoms with E-state index in [0.717, 1.165) is 18.7 Å². The molecule has 20 heavy (non-hydrogen) atoms. The van der Waals surface area contributed by atoms with Gasteiger partial charge in [0.1, 0.15) is 0 Å². The van der Waals surface area contributed by atoms with Crippen LogP contribution in [-0.4, -0.2) is 50.3 Å². The summed E-state index contributed by atoms with van der Waals surface area (Å²) in [7, 11) is -1.43. The lowest BCUT2D eigenvalue weighted by Crippen LogP contribution is -2.52. The standard InChI is InChI=1S/C14H23N3O2S/c1-11-10-16(3)7-8-17(11)20(18,19)14-6-4-5-13(9-14)12(2)15/h4-6,9,11-12H,7-8,10,15H2,1-3H3. The Morgan fingerprint density at radius 1 is 1.35 bits per heavy atom. The molecule has 1 aromatic rings. The van der Waals surface area contributed by atoms with Crippen LogP contribution in [0.25, 0.3) is 0 Å². The van der Waals surface area contributed by atoms with Crippen molar-refractivity contribution in [2.24, 2.45) is 5.73 Å². The molecule has 112 valence electrons. The van der Waals surface area contributed by atoms with Crippen LogP contribution < -0.4 is 5.73 Å². The minimum atomic E-state index is -3.44. The number of rotatable bonds is 3. The molecule has 2 unspecified atom stereocenters. The van der Waals surface area contributed by atoms with E-state index in [2.05, 4.69) is 4.90 Å². The molecule has 0 saturated carbocycles. The van der Waals surface area contributed by atoms with Crippen molar-refractivity contribution in [3.05, 3.63) is 29.8 Å². The van der Waals surface area contributed by atoms with Crippen molar-refractivity contribution < 1.29 is 8.42 Å². The van der Waals surface area contributed by atoms with Gasteiger partial charge in [0.05, 0.1) is 4.90 Å². The molecule has 2 rings (SSSR count). The largest absolute Gasteiger partial charge is 0.324 e. The maximum Gasteiger partial charge on any atom is 0.243 e. The average molecular weight is 297 g/mol. The SMILES string of the molecule is CC(N)c1cccc(S(=O)(=O)N2CCN(C)CC2C)c1. The monoisotopic (exact) mass is 297 g/mol. The fourth-order valence-corrected chi connectivity index (χ4v) is 4.24. The number of benzene rings is 1. The number of sulfonamides is 1. The van der Waals surface area contributed by atoms with Gasteiger partial charge in [-0.2, -0.15) is 4.31 Å². The van der Waals surface area contributed by atoms with Gasteiger partial charge in [0.25, 0.3) is 0 Å². The van der Waals surface area contributed by atoms with E-state index in [1.165, 1.54) is 0 Å². The molecule has 1 aliphatic heterocycles. The molecule has 1 aromatic carbocycles. The van der Waals surface area contributed by atoms with E-state index in [1.54, 1.807) is 22.5 Å². The second kappa shape index (κ2) is 5.81. The third-order valence-corrected chi connectivity index (χ3v) is 5.77. The van der Waals surface area contributed by atoms with Crippen LogP contribution in [-0.2, 0) is 10.0 Å². The van der Waals surface area contributed by atoms with E-state index in [0.29, 0.717) is 11.4 Å². The predicted molar refractivity (Wildman–Crippen MR) is 79.9 cm³/mol. The minimum Gasteiger partial charge on any atom is -0.324 e. The van der Waals surface area contributed by atoms with Crippen LogP contribution in [0, 0.1) is 0 Å². The molecule has 1 fully saturated rings. The van der Waals surface area contributed by atoms with Gasteiger partial charge >= 0.3 is 0 Å². The van der Waals surface area contributed by atoms with Crippen LogP contribution in [0.4, 0.5) is 0 Å². The minimum absolute atomic E-state index is 0.0160. The second-order valence-corrected chi connectivity index (χ2v) is 7.48. The second-order valence-electron chi connectivity index (χ2n) is 5.59. The topological polar surface area (TPSA) is 66.6 Å². The molecule has 0 amide bonds. The molecule has 0 radical (unpaired) electrons. The van der Waals surface area contributed by atoms with Crippen molar-refractivity contribution in [3.63, 3.8) is 0 Å². The highest BCUT2D eigenvalue weighted by Crippen LogP contribution is 2.23. The fraction of sp³-hybridized carbons (Fsp3) is 0.571. The third kappa shape index (κ3) is 3.03. The van der Waals surface area contributed by atoms with Gasteiger partial charge in [0.2, 0.25) is 10.0 Å². The van der Waals surface area contributed by atoms with Gasteiger partial charge in [-0.25, -0.2) is 8.42 Å². The number of hydrogen-bond donors (Lipinski definition) is 1. The Morgan fingerprint density at radius 3 is 2.65 bits per heavy atom. The Labute approximate surface area is 121 Å². The highest BCUT2D eigenvalue weighted by atomic mass is 32.2. The maximum atomic E-state index is 12.7. The molecule has 2 atom stereocenters. The molecule has 0 bridgehead atoms. The van der Waals surface area contributed by atoms with Gasteiger partial charge in [0, 0.05) is 31.7 Å². The van der Waals surface area contributed by atoms with Gasteiger partial charge in [0.15, 0.2) is 0 Å². The van der Waals surface area contributed by atoms with Gasteiger partial charge in [-0.3, -0.25) is 0 Å². The van der Waals surface area contributed by atoms with E-state index in [9.17, 15) is 8.42 Å². The van der Waals surface area contributed by atoms with Crippen molar-refractivity contribution in [1.29, 1.82) is 0 Å². The summed E-state index contributed by atoms with van der Waals surface area (Å²) in [6, 6.07) is 6.76. The Morgan fingerprint density at radius 2 is 2.05 bits per heavy atom. The van der Waals surface area contributed by atoms with Gasteiger partial charge in [-0.15, -0.1) is 0 Å². The molecule has 6 heteroatoms. The van der Waals surface area contributed by atoms with Crippen LogP contribution in [0.2, 0.25) is 0 Å². The normalized spacial score (nSPS) is 23.7. The number of piperazine rings is 1. The first-order valence-corrected chi connectivity index (χ1v) is 8.32. The molecular formula is C14H23N3O2S. The molecule has 0 aromatic heterocycles. The molecular weight excluding hydrogens is 274 g/mol. The molecule has 1 heterocycles. The summed E-state index contributed by atoms with van der Waals surface area (Å²) < 4.78 is 27.1. The number of nitrogens with zero attached hydrogens (tertiary/aromatic N) is 2. The summed E-state index contributed by atoms with van der Waals surface area (Å²) >= 11 is 0. The average Bonchev–Trinajstić information content (AvgIpc) is 2.38. The van der Waals surface area contributed by atoms with Crippen LogP contribution in [0.1, 0.15) is 25.5 Å². The molecule has 0 spiro atoms. The number of likely N-dealkylation sites (N-methyl/N-ethyl adjacent to an activating group) is 1. The van der Waals surface area contributed by atoms with Crippen LogP contribution in [0.5, 0.6) is 0 Å². The Bertz CT molecular complexity index is 572. The summed E-state index contributed by atoms with van der Waals surface area (Å²) in [6.07, 6.45) is 0. The van der Waals surface area contributed by atoms with Crippen molar-refractivity contribution in [2.45, 2.75) is 30.8 Å². The first-order chi connectivity index (χ1) is 9.32. The van der Waals surface area contributed by atoms with Crippen LogP contribution >= 0.6 is 0 Å². The van der Waals surface area contributed by atoms with Crippen LogP contribution in [0.15, 0.2) is 29.2 Å². The predicted octanol–water partition coefficient (Wildman–Crippen LogP) is 1.03. The Kier molecular flexibility index (Phi) is 4.49.